The highest BCUT2D eigenvalue weighted by atomic mass is 79.9. The lowest BCUT2D eigenvalue weighted by Crippen LogP contribution is -2.25. The van der Waals surface area contributed by atoms with Crippen LogP contribution in [0.25, 0.3) is 0 Å². The molecule has 0 bridgehead atoms. The van der Waals surface area contributed by atoms with Gasteiger partial charge in [0, 0.05) is 10.5 Å². The normalized spacial score (nSPS) is 12.1. The number of benzene rings is 2. The van der Waals surface area contributed by atoms with Crippen LogP contribution in [0.5, 0.6) is 5.75 Å². The van der Waals surface area contributed by atoms with Crippen LogP contribution in [0.4, 0.5) is 0 Å². The second kappa shape index (κ2) is 7.31. The SMILES string of the molecule is NC(CCOc1ccccc1)Cc1ccccc1Br. The molecular weight excluding hydrogens is 302 g/mol. The average molecular weight is 320 g/mol. The number of hydrogen-bond donors (Lipinski definition) is 1. The fourth-order valence-corrected chi connectivity index (χ4v) is 2.34. The van der Waals surface area contributed by atoms with E-state index in [0.717, 1.165) is 23.1 Å². The van der Waals surface area contributed by atoms with E-state index in [0.29, 0.717) is 6.61 Å². The first-order valence-corrected chi connectivity index (χ1v) is 7.22. The summed E-state index contributed by atoms with van der Waals surface area (Å²) in [4.78, 5) is 0. The zero-order valence-electron chi connectivity index (χ0n) is 10.8. The van der Waals surface area contributed by atoms with Gasteiger partial charge >= 0.3 is 0 Å². The molecule has 0 aliphatic heterocycles. The van der Waals surface area contributed by atoms with E-state index in [1.807, 2.05) is 48.5 Å². The summed E-state index contributed by atoms with van der Waals surface area (Å²) in [6.07, 6.45) is 1.70. The summed E-state index contributed by atoms with van der Waals surface area (Å²) < 4.78 is 6.77. The third kappa shape index (κ3) is 4.69. The van der Waals surface area contributed by atoms with Crippen molar-refractivity contribution in [2.45, 2.75) is 18.9 Å². The second-order valence-electron chi connectivity index (χ2n) is 4.51. The Morgan fingerprint density at radius 3 is 2.42 bits per heavy atom. The van der Waals surface area contributed by atoms with Crippen LogP contribution in [0, 0.1) is 0 Å². The van der Waals surface area contributed by atoms with E-state index in [-0.39, 0.29) is 6.04 Å². The van der Waals surface area contributed by atoms with Crippen LogP contribution in [-0.4, -0.2) is 12.6 Å². The van der Waals surface area contributed by atoms with Crippen LogP contribution in [-0.2, 0) is 6.42 Å². The first-order chi connectivity index (χ1) is 9.25. The van der Waals surface area contributed by atoms with Gasteiger partial charge in [-0.1, -0.05) is 52.3 Å². The minimum Gasteiger partial charge on any atom is -0.494 e. The van der Waals surface area contributed by atoms with E-state index < -0.39 is 0 Å². The van der Waals surface area contributed by atoms with Crippen molar-refractivity contribution in [2.24, 2.45) is 5.73 Å². The maximum absolute atomic E-state index is 6.14. The van der Waals surface area contributed by atoms with Crippen molar-refractivity contribution in [3.05, 3.63) is 64.6 Å². The molecule has 2 aromatic rings. The third-order valence-corrected chi connectivity index (χ3v) is 3.71. The number of rotatable bonds is 6. The molecular formula is C16H18BrNO. The molecule has 0 saturated carbocycles. The van der Waals surface area contributed by atoms with Gasteiger partial charge in [-0.25, -0.2) is 0 Å². The maximum Gasteiger partial charge on any atom is 0.119 e. The van der Waals surface area contributed by atoms with Crippen molar-refractivity contribution < 1.29 is 4.74 Å². The predicted octanol–water partition coefficient (Wildman–Crippen LogP) is 3.79. The number of nitrogens with two attached hydrogens (primary N) is 1. The summed E-state index contributed by atoms with van der Waals surface area (Å²) in [5, 5.41) is 0. The molecule has 0 aliphatic carbocycles. The molecule has 0 spiro atoms. The molecule has 0 radical (unpaired) electrons. The minimum atomic E-state index is 0.113. The molecule has 0 saturated heterocycles. The maximum atomic E-state index is 6.14. The smallest absolute Gasteiger partial charge is 0.119 e. The van der Waals surface area contributed by atoms with Gasteiger partial charge in [0.1, 0.15) is 5.75 Å². The standard InChI is InChI=1S/C16H18BrNO/c17-16-9-5-4-6-13(16)12-14(18)10-11-19-15-7-2-1-3-8-15/h1-9,14H,10-12,18H2. The topological polar surface area (TPSA) is 35.2 Å². The van der Waals surface area contributed by atoms with Crippen LogP contribution < -0.4 is 10.5 Å². The van der Waals surface area contributed by atoms with Crippen LogP contribution >= 0.6 is 15.9 Å². The molecule has 2 nitrogen and oxygen atoms in total. The highest BCUT2D eigenvalue weighted by Gasteiger charge is 2.07. The lowest BCUT2D eigenvalue weighted by molar-refractivity contribution is 0.297. The molecule has 0 aromatic heterocycles. The highest BCUT2D eigenvalue weighted by Crippen LogP contribution is 2.18. The fourth-order valence-electron chi connectivity index (χ4n) is 1.89. The minimum absolute atomic E-state index is 0.113. The lowest BCUT2D eigenvalue weighted by atomic mass is 10.0. The van der Waals surface area contributed by atoms with Gasteiger partial charge in [-0.2, -0.15) is 0 Å². The zero-order chi connectivity index (χ0) is 13.5. The Morgan fingerprint density at radius 2 is 1.68 bits per heavy atom. The molecule has 1 unspecified atom stereocenters. The molecule has 0 heterocycles. The number of para-hydroxylation sites is 1. The van der Waals surface area contributed by atoms with E-state index in [4.69, 9.17) is 10.5 Å². The third-order valence-electron chi connectivity index (χ3n) is 2.94. The van der Waals surface area contributed by atoms with Gasteiger partial charge in [0.05, 0.1) is 6.61 Å². The Hall–Kier alpha value is -1.32. The van der Waals surface area contributed by atoms with Gasteiger partial charge < -0.3 is 10.5 Å². The molecule has 2 N–H and O–H groups in total. The molecule has 0 amide bonds. The molecule has 2 aromatic carbocycles. The van der Waals surface area contributed by atoms with E-state index in [1.54, 1.807) is 0 Å². The van der Waals surface area contributed by atoms with Crippen molar-refractivity contribution >= 4 is 15.9 Å². The summed E-state index contributed by atoms with van der Waals surface area (Å²) in [5.74, 6) is 0.899. The Balaban J connectivity index is 1.76. The van der Waals surface area contributed by atoms with Gasteiger partial charge in [-0.05, 0) is 36.6 Å². The fraction of sp³-hybridized carbons (Fsp3) is 0.250. The number of hydrogen-bond acceptors (Lipinski definition) is 2. The van der Waals surface area contributed by atoms with Crippen LogP contribution in [0.2, 0.25) is 0 Å². The monoisotopic (exact) mass is 319 g/mol. The summed E-state index contributed by atoms with van der Waals surface area (Å²) in [5.41, 5.74) is 7.38. The summed E-state index contributed by atoms with van der Waals surface area (Å²) in [6.45, 7) is 0.648. The molecule has 3 heteroatoms. The second-order valence-corrected chi connectivity index (χ2v) is 5.36. The summed E-state index contributed by atoms with van der Waals surface area (Å²) in [7, 11) is 0. The van der Waals surface area contributed by atoms with E-state index >= 15 is 0 Å². The lowest BCUT2D eigenvalue weighted by Gasteiger charge is -2.13. The zero-order valence-corrected chi connectivity index (χ0v) is 12.3. The quantitative estimate of drug-likeness (QED) is 0.879. The van der Waals surface area contributed by atoms with E-state index in [1.165, 1.54) is 5.56 Å². The highest BCUT2D eigenvalue weighted by molar-refractivity contribution is 9.10. The molecule has 0 aliphatic rings. The van der Waals surface area contributed by atoms with Gasteiger partial charge in [-0.15, -0.1) is 0 Å². The van der Waals surface area contributed by atoms with Crippen LogP contribution in [0.15, 0.2) is 59.1 Å². The number of halogens is 1. The predicted molar refractivity (Wildman–Crippen MR) is 82.4 cm³/mol. The van der Waals surface area contributed by atoms with Gasteiger partial charge in [0.25, 0.3) is 0 Å². The van der Waals surface area contributed by atoms with Crippen molar-refractivity contribution in [2.75, 3.05) is 6.61 Å². The Bertz CT molecular complexity index is 501. The van der Waals surface area contributed by atoms with Gasteiger partial charge in [0.15, 0.2) is 0 Å². The Labute approximate surface area is 122 Å². The molecule has 1 atom stereocenters. The van der Waals surface area contributed by atoms with Gasteiger partial charge in [0.2, 0.25) is 0 Å². The van der Waals surface area contributed by atoms with Crippen LogP contribution in [0.1, 0.15) is 12.0 Å². The Kier molecular flexibility index (Phi) is 5.43. The summed E-state index contributed by atoms with van der Waals surface area (Å²) >= 11 is 3.54. The first-order valence-electron chi connectivity index (χ1n) is 6.42. The largest absolute Gasteiger partial charge is 0.494 e. The van der Waals surface area contributed by atoms with E-state index in [9.17, 15) is 0 Å². The number of ether oxygens (including phenoxy) is 1. The summed E-state index contributed by atoms with van der Waals surface area (Å²) in [6, 6.07) is 18.1. The molecule has 0 fully saturated rings. The molecule has 19 heavy (non-hydrogen) atoms. The first kappa shape index (κ1) is 14.1. The van der Waals surface area contributed by atoms with Gasteiger partial charge in [-0.3, -0.25) is 0 Å². The molecule has 2 rings (SSSR count). The van der Waals surface area contributed by atoms with E-state index in [2.05, 4.69) is 22.0 Å². The van der Waals surface area contributed by atoms with Crippen molar-refractivity contribution in [1.82, 2.24) is 0 Å². The molecule has 100 valence electrons. The van der Waals surface area contributed by atoms with Crippen molar-refractivity contribution in [3.63, 3.8) is 0 Å². The van der Waals surface area contributed by atoms with Crippen LogP contribution in [0.3, 0.4) is 0 Å². The van der Waals surface area contributed by atoms with Crippen molar-refractivity contribution in [3.8, 4) is 5.75 Å². The van der Waals surface area contributed by atoms with Crippen molar-refractivity contribution in [1.29, 1.82) is 0 Å². The average Bonchev–Trinajstić information content (AvgIpc) is 2.43. The Morgan fingerprint density at radius 1 is 1.00 bits per heavy atom.